The van der Waals surface area contributed by atoms with Crippen LogP contribution in [-0.4, -0.2) is 60.6 Å². The summed E-state index contributed by atoms with van der Waals surface area (Å²) in [7, 11) is 0. The topological polar surface area (TPSA) is 173 Å². The zero-order chi connectivity index (χ0) is 18.9. The van der Waals surface area contributed by atoms with Crippen molar-refractivity contribution >= 4 is 29.5 Å². The lowest BCUT2D eigenvalue weighted by Crippen LogP contribution is -2.24. The van der Waals surface area contributed by atoms with E-state index in [1.807, 2.05) is 0 Å². The summed E-state index contributed by atoms with van der Waals surface area (Å²) >= 11 is 0. The number of aromatic carboxylic acids is 1. The molecule has 11 heteroatoms. The highest BCUT2D eigenvalue weighted by molar-refractivity contribution is 5.94. The Labute approximate surface area is 148 Å². The van der Waals surface area contributed by atoms with Crippen molar-refractivity contribution in [2.24, 2.45) is 0 Å². The molecule has 1 aromatic heterocycles. The van der Waals surface area contributed by atoms with Crippen LogP contribution in [0.15, 0.2) is 36.7 Å². The summed E-state index contributed by atoms with van der Waals surface area (Å²) in [4.78, 5) is 23.5. The number of nitrogens with one attached hydrogen (secondary N) is 3. The van der Waals surface area contributed by atoms with Crippen molar-refractivity contribution in [2.75, 3.05) is 29.1 Å². The highest BCUT2D eigenvalue weighted by Gasteiger charge is 2.12. The largest absolute Gasteiger partial charge is 0.514 e. The zero-order valence-corrected chi connectivity index (χ0v) is 13.5. The maximum Gasteiger partial charge on any atom is 0.337 e. The van der Waals surface area contributed by atoms with E-state index in [4.69, 9.17) is 10.2 Å². The van der Waals surface area contributed by atoms with E-state index < -0.39 is 18.7 Å². The molecule has 0 aliphatic heterocycles. The SMILES string of the molecule is O=C(O)c1ccccc1Nc1nc(N/C=C/O)nc(NCC(O)CO)n1. The number of nitrogens with zero attached hydrogens (tertiary/aromatic N) is 3. The number of aromatic nitrogens is 3. The van der Waals surface area contributed by atoms with Crippen molar-refractivity contribution in [3.63, 3.8) is 0 Å². The number of carboxylic acid groups (broad SMARTS) is 1. The van der Waals surface area contributed by atoms with Crippen molar-refractivity contribution in [2.45, 2.75) is 6.10 Å². The fourth-order valence-electron chi connectivity index (χ4n) is 1.86. The summed E-state index contributed by atoms with van der Waals surface area (Å²) in [6.45, 7) is -0.450. The van der Waals surface area contributed by atoms with Crippen LogP contribution in [0, 0.1) is 0 Å². The number of benzene rings is 1. The number of aliphatic hydroxyl groups is 3. The molecule has 0 radical (unpaired) electrons. The molecule has 0 amide bonds. The Morgan fingerprint density at radius 1 is 1.15 bits per heavy atom. The molecule has 2 aromatic rings. The molecule has 1 aromatic carbocycles. The van der Waals surface area contributed by atoms with E-state index in [2.05, 4.69) is 30.9 Å². The highest BCUT2D eigenvalue weighted by Crippen LogP contribution is 2.20. The molecular weight excluding hydrogens is 344 g/mol. The molecule has 0 aliphatic carbocycles. The van der Waals surface area contributed by atoms with Gasteiger partial charge in [-0.15, -0.1) is 0 Å². The average Bonchev–Trinajstić information content (AvgIpc) is 2.64. The average molecular weight is 362 g/mol. The number of hydrogen-bond acceptors (Lipinski definition) is 10. The van der Waals surface area contributed by atoms with Crippen LogP contribution < -0.4 is 16.0 Å². The van der Waals surface area contributed by atoms with Crippen LogP contribution in [-0.2, 0) is 0 Å². The van der Waals surface area contributed by atoms with Gasteiger partial charge in [0.2, 0.25) is 17.8 Å². The summed E-state index contributed by atoms with van der Waals surface area (Å²) in [5.74, 6) is -0.963. The van der Waals surface area contributed by atoms with E-state index >= 15 is 0 Å². The summed E-state index contributed by atoms with van der Waals surface area (Å²) in [6, 6.07) is 6.22. The first-order valence-electron chi connectivity index (χ1n) is 7.47. The molecule has 1 unspecified atom stereocenters. The minimum atomic E-state index is -1.12. The number of carboxylic acids is 1. The first-order valence-corrected chi connectivity index (χ1v) is 7.47. The first kappa shape index (κ1) is 18.9. The van der Waals surface area contributed by atoms with Gasteiger partial charge in [0.25, 0.3) is 0 Å². The Kier molecular flexibility index (Phi) is 6.65. The third kappa shape index (κ3) is 5.29. The van der Waals surface area contributed by atoms with E-state index in [1.165, 1.54) is 12.3 Å². The van der Waals surface area contributed by atoms with Crippen molar-refractivity contribution < 1.29 is 25.2 Å². The van der Waals surface area contributed by atoms with E-state index in [0.29, 0.717) is 0 Å². The summed E-state index contributed by atoms with van der Waals surface area (Å²) in [5.41, 5.74) is 0.305. The molecular formula is C15H18N6O5. The van der Waals surface area contributed by atoms with Crippen LogP contribution in [0.5, 0.6) is 0 Å². The van der Waals surface area contributed by atoms with Crippen LogP contribution in [0.2, 0.25) is 0 Å². The summed E-state index contributed by atoms with van der Waals surface area (Å²) in [5, 5.41) is 44.3. The molecule has 11 nitrogen and oxygen atoms in total. The lowest BCUT2D eigenvalue weighted by molar-refractivity contribution is 0.0698. The molecule has 2 rings (SSSR count). The number of aliphatic hydroxyl groups excluding tert-OH is 3. The Morgan fingerprint density at radius 2 is 1.85 bits per heavy atom. The lowest BCUT2D eigenvalue weighted by Gasteiger charge is -2.12. The molecule has 138 valence electrons. The van der Waals surface area contributed by atoms with Gasteiger partial charge in [0.15, 0.2) is 0 Å². The molecule has 26 heavy (non-hydrogen) atoms. The molecule has 0 spiro atoms. The molecule has 1 atom stereocenters. The van der Waals surface area contributed by atoms with Crippen LogP contribution in [0.25, 0.3) is 0 Å². The second kappa shape index (κ2) is 9.15. The van der Waals surface area contributed by atoms with E-state index in [9.17, 15) is 15.0 Å². The van der Waals surface area contributed by atoms with Crippen LogP contribution in [0.1, 0.15) is 10.4 Å². The predicted molar refractivity (Wildman–Crippen MR) is 93.5 cm³/mol. The van der Waals surface area contributed by atoms with Gasteiger partial charge >= 0.3 is 5.97 Å². The zero-order valence-electron chi connectivity index (χ0n) is 13.5. The standard InChI is InChI=1S/C15H18N6O5/c22-6-5-16-13-19-14(17-7-9(24)8-23)21-15(20-13)18-11-4-2-1-3-10(11)12(25)26/h1-6,9,22-24H,7-8H2,(H,25,26)(H3,16,17,18,19,20,21)/b6-5+. The van der Waals surface area contributed by atoms with Gasteiger partial charge in [-0.1, -0.05) is 12.1 Å². The van der Waals surface area contributed by atoms with Gasteiger partial charge in [-0.25, -0.2) is 4.79 Å². The van der Waals surface area contributed by atoms with Crippen LogP contribution in [0.4, 0.5) is 23.5 Å². The van der Waals surface area contributed by atoms with Gasteiger partial charge < -0.3 is 36.4 Å². The molecule has 0 saturated carbocycles. The molecule has 0 bridgehead atoms. The van der Waals surface area contributed by atoms with E-state index in [1.54, 1.807) is 18.2 Å². The molecule has 0 aliphatic rings. The second-order valence-corrected chi connectivity index (χ2v) is 4.96. The maximum absolute atomic E-state index is 11.3. The minimum Gasteiger partial charge on any atom is -0.514 e. The first-order chi connectivity index (χ1) is 12.5. The Morgan fingerprint density at radius 3 is 2.54 bits per heavy atom. The van der Waals surface area contributed by atoms with Crippen molar-refractivity contribution in [3.8, 4) is 0 Å². The van der Waals surface area contributed by atoms with Gasteiger partial charge in [0.1, 0.15) is 0 Å². The number of anilines is 4. The van der Waals surface area contributed by atoms with Crippen molar-refractivity contribution in [1.82, 2.24) is 15.0 Å². The normalized spacial score (nSPS) is 11.9. The lowest BCUT2D eigenvalue weighted by atomic mass is 10.2. The molecule has 7 N–H and O–H groups in total. The van der Waals surface area contributed by atoms with Gasteiger partial charge in [-0.05, 0) is 12.1 Å². The quantitative estimate of drug-likeness (QED) is 0.310. The van der Waals surface area contributed by atoms with Gasteiger partial charge in [0.05, 0.1) is 30.2 Å². The summed E-state index contributed by atoms with van der Waals surface area (Å²) < 4.78 is 0. The minimum absolute atomic E-state index is 0.0130. The highest BCUT2D eigenvalue weighted by atomic mass is 16.4. The van der Waals surface area contributed by atoms with Gasteiger partial charge in [0, 0.05) is 12.7 Å². The molecule has 0 fully saturated rings. The summed E-state index contributed by atoms with van der Waals surface area (Å²) in [6.07, 6.45) is 0.917. The van der Waals surface area contributed by atoms with E-state index in [-0.39, 0.29) is 35.6 Å². The maximum atomic E-state index is 11.3. The van der Waals surface area contributed by atoms with Crippen LogP contribution >= 0.6 is 0 Å². The predicted octanol–water partition coefficient (Wildman–Crippen LogP) is 0.520. The van der Waals surface area contributed by atoms with Crippen molar-refractivity contribution in [1.29, 1.82) is 0 Å². The molecule has 1 heterocycles. The third-order valence-corrected chi connectivity index (χ3v) is 3.03. The Bertz CT molecular complexity index is 785. The second-order valence-electron chi connectivity index (χ2n) is 4.96. The fourth-order valence-corrected chi connectivity index (χ4v) is 1.86. The number of rotatable bonds is 9. The van der Waals surface area contributed by atoms with Gasteiger partial charge in [-0.3, -0.25) is 0 Å². The molecule has 0 saturated heterocycles. The Balaban J connectivity index is 2.29. The van der Waals surface area contributed by atoms with E-state index in [0.717, 1.165) is 6.26 Å². The number of para-hydroxylation sites is 1. The number of carbonyl (C=O) groups is 1. The van der Waals surface area contributed by atoms with Gasteiger partial charge in [-0.2, -0.15) is 15.0 Å². The van der Waals surface area contributed by atoms with Crippen molar-refractivity contribution in [3.05, 3.63) is 42.3 Å². The monoisotopic (exact) mass is 362 g/mol. The smallest absolute Gasteiger partial charge is 0.337 e. The van der Waals surface area contributed by atoms with Crippen LogP contribution in [0.3, 0.4) is 0 Å². The Hall–Kier alpha value is -3.44. The number of hydrogen-bond donors (Lipinski definition) is 7. The third-order valence-electron chi connectivity index (χ3n) is 3.03. The fraction of sp³-hybridized carbons (Fsp3) is 0.200.